The lowest BCUT2D eigenvalue weighted by molar-refractivity contribution is 0.00803. The van der Waals surface area contributed by atoms with Gasteiger partial charge < -0.3 is 5.73 Å². The normalized spacial score (nSPS) is 26.8. The van der Waals surface area contributed by atoms with Crippen LogP contribution in [0.5, 0.6) is 0 Å². The van der Waals surface area contributed by atoms with E-state index in [-0.39, 0.29) is 18.9 Å². The minimum absolute atomic E-state index is 0.0197. The second-order valence-electron chi connectivity index (χ2n) is 4.09. The van der Waals surface area contributed by atoms with Crippen LogP contribution < -0.4 is 5.73 Å². The Bertz CT molecular complexity index is 121. The highest BCUT2D eigenvalue weighted by molar-refractivity contribution is 4.82. The van der Waals surface area contributed by atoms with Gasteiger partial charge in [0.15, 0.2) is 0 Å². The largest absolute Gasteiger partial charge is 0.327 e. The maximum Gasteiger partial charge on any atom is 0.249 e. The van der Waals surface area contributed by atoms with Crippen molar-refractivity contribution in [2.24, 2.45) is 11.7 Å². The van der Waals surface area contributed by atoms with Crippen LogP contribution in [0.1, 0.15) is 40.0 Å². The molecule has 0 aromatic rings. The van der Waals surface area contributed by atoms with Gasteiger partial charge in [-0.25, -0.2) is 8.78 Å². The molecule has 1 aliphatic carbocycles. The van der Waals surface area contributed by atoms with E-state index in [9.17, 15) is 8.78 Å². The van der Waals surface area contributed by atoms with E-state index >= 15 is 0 Å². The number of nitrogens with two attached hydrogens (primary N) is 1. The molecule has 1 fully saturated rings. The van der Waals surface area contributed by atoms with Gasteiger partial charge in [0.05, 0.1) is 0 Å². The number of hydrogen-bond acceptors (Lipinski definition) is 1. The van der Waals surface area contributed by atoms with Crippen LogP contribution in [0.25, 0.3) is 0 Å². The number of halogens is 2. The van der Waals surface area contributed by atoms with Gasteiger partial charge in [-0.05, 0) is 12.3 Å². The topological polar surface area (TPSA) is 26.0 Å². The van der Waals surface area contributed by atoms with Crippen molar-refractivity contribution in [3.63, 3.8) is 0 Å². The molecule has 0 radical (unpaired) electrons. The number of rotatable bonds is 0. The van der Waals surface area contributed by atoms with E-state index in [1.807, 2.05) is 0 Å². The summed E-state index contributed by atoms with van der Waals surface area (Å²) in [4.78, 5) is 0. The summed E-state index contributed by atoms with van der Waals surface area (Å²) in [5, 5.41) is 0. The van der Waals surface area contributed by atoms with E-state index in [0.717, 1.165) is 5.92 Å². The molecule has 1 saturated carbocycles. The van der Waals surface area contributed by atoms with Crippen LogP contribution in [-0.2, 0) is 0 Å². The fourth-order valence-corrected chi connectivity index (χ4v) is 0.984. The first kappa shape index (κ1) is 11.8. The zero-order chi connectivity index (χ0) is 9.78. The van der Waals surface area contributed by atoms with E-state index in [1.54, 1.807) is 0 Å². The summed E-state index contributed by atoms with van der Waals surface area (Å²) in [7, 11) is 0. The van der Waals surface area contributed by atoms with E-state index in [1.165, 1.54) is 0 Å². The molecule has 1 nitrogen and oxygen atoms in total. The summed E-state index contributed by atoms with van der Waals surface area (Å²) in [5.74, 6) is -1.63. The summed E-state index contributed by atoms with van der Waals surface area (Å²) in [6.07, 6.45) is 0.341. The van der Waals surface area contributed by atoms with Crippen LogP contribution in [0.15, 0.2) is 0 Å². The van der Waals surface area contributed by atoms with Gasteiger partial charge in [0.25, 0.3) is 0 Å². The van der Waals surface area contributed by atoms with Gasteiger partial charge in [-0.1, -0.05) is 20.8 Å². The Hall–Kier alpha value is -0.180. The average Bonchev–Trinajstić information content (AvgIpc) is 2.07. The Balaban J connectivity index is 0.000000261. The minimum Gasteiger partial charge on any atom is -0.327 e. The van der Waals surface area contributed by atoms with Crippen LogP contribution in [0.4, 0.5) is 8.78 Å². The molecule has 1 atom stereocenters. The fraction of sp³-hybridized carbons (Fsp3) is 1.00. The SMILES string of the molecule is CC(C)C.NC1CCC(F)(F)C1. The molecule has 3 heteroatoms. The average molecular weight is 179 g/mol. The summed E-state index contributed by atoms with van der Waals surface area (Å²) >= 11 is 0. The Morgan fingerprint density at radius 2 is 1.75 bits per heavy atom. The van der Waals surface area contributed by atoms with Crippen molar-refractivity contribution in [2.75, 3.05) is 0 Å². The van der Waals surface area contributed by atoms with E-state index in [0.29, 0.717) is 6.42 Å². The molecule has 0 spiro atoms. The third-order valence-electron chi connectivity index (χ3n) is 1.44. The zero-order valence-electron chi connectivity index (χ0n) is 8.11. The van der Waals surface area contributed by atoms with Crippen LogP contribution in [0, 0.1) is 5.92 Å². The molecule has 12 heavy (non-hydrogen) atoms. The monoisotopic (exact) mass is 179 g/mol. The smallest absolute Gasteiger partial charge is 0.249 e. The predicted molar refractivity (Wildman–Crippen MR) is 47.3 cm³/mol. The van der Waals surface area contributed by atoms with Gasteiger partial charge in [0.1, 0.15) is 0 Å². The van der Waals surface area contributed by atoms with Gasteiger partial charge in [0, 0.05) is 18.9 Å². The third-order valence-corrected chi connectivity index (χ3v) is 1.44. The molecule has 1 unspecified atom stereocenters. The van der Waals surface area contributed by atoms with Crippen LogP contribution in [-0.4, -0.2) is 12.0 Å². The van der Waals surface area contributed by atoms with Gasteiger partial charge in [0.2, 0.25) is 5.92 Å². The third kappa shape index (κ3) is 6.53. The lowest BCUT2D eigenvalue weighted by Gasteiger charge is -2.04. The van der Waals surface area contributed by atoms with E-state index in [2.05, 4.69) is 20.8 Å². The van der Waals surface area contributed by atoms with Crippen molar-refractivity contribution in [1.82, 2.24) is 0 Å². The molecular weight excluding hydrogens is 160 g/mol. The molecule has 0 aromatic carbocycles. The van der Waals surface area contributed by atoms with Crippen LogP contribution >= 0.6 is 0 Å². The van der Waals surface area contributed by atoms with Gasteiger partial charge in [-0.15, -0.1) is 0 Å². The highest BCUT2D eigenvalue weighted by Gasteiger charge is 2.37. The maximum atomic E-state index is 12.1. The van der Waals surface area contributed by atoms with Crippen LogP contribution in [0.2, 0.25) is 0 Å². The molecule has 1 aliphatic rings. The Labute approximate surface area is 73.3 Å². The summed E-state index contributed by atoms with van der Waals surface area (Å²) in [5.41, 5.74) is 5.23. The molecule has 2 N–H and O–H groups in total. The van der Waals surface area contributed by atoms with Crippen molar-refractivity contribution in [3.05, 3.63) is 0 Å². The van der Waals surface area contributed by atoms with Crippen molar-refractivity contribution >= 4 is 0 Å². The standard InChI is InChI=1S/C5H9F2N.C4H10/c6-5(7)2-1-4(8)3-5;1-4(2)3/h4H,1-3,8H2;4H,1-3H3. The highest BCUT2D eigenvalue weighted by atomic mass is 19.3. The Morgan fingerprint density at radius 3 is 1.83 bits per heavy atom. The molecular formula is C9H19F2N. The first-order valence-electron chi connectivity index (χ1n) is 4.47. The summed E-state index contributed by atoms with van der Waals surface area (Å²) in [6, 6.07) is -0.259. The first-order chi connectivity index (χ1) is 5.33. The molecule has 0 aliphatic heterocycles. The quantitative estimate of drug-likeness (QED) is 0.608. The minimum atomic E-state index is -2.46. The predicted octanol–water partition coefficient (Wildman–Crippen LogP) is 2.80. The van der Waals surface area contributed by atoms with Crippen molar-refractivity contribution in [2.45, 2.75) is 52.0 Å². The molecule has 0 bridgehead atoms. The molecule has 74 valence electrons. The first-order valence-corrected chi connectivity index (χ1v) is 4.47. The lowest BCUT2D eigenvalue weighted by Crippen LogP contribution is -2.18. The Kier molecular flexibility index (Phi) is 4.68. The second-order valence-corrected chi connectivity index (χ2v) is 4.09. The van der Waals surface area contributed by atoms with Crippen molar-refractivity contribution in [3.8, 4) is 0 Å². The maximum absolute atomic E-state index is 12.1. The zero-order valence-corrected chi connectivity index (χ0v) is 8.11. The van der Waals surface area contributed by atoms with Crippen LogP contribution in [0.3, 0.4) is 0 Å². The van der Waals surface area contributed by atoms with Gasteiger partial charge >= 0.3 is 0 Å². The summed E-state index contributed by atoms with van der Waals surface area (Å²) < 4.78 is 24.2. The molecule has 0 amide bonds. The van der Waals surface area contributed by atoms with Gasteiger partial charge in [-0.2, -0.15) is 0 Å². The van der Waals surface area contributed by atoms with Crippen molar-refractivity contribution in [1.29, 1.82) is 0 Å². The molecule has 0 heterocycles. The van der Waals surface area contributed by atoms with E-state index < -0.39 is 5.92 Å². The molecule has 0 saturated heterocycles. The summed E-state index contributed by atoms with van der Waals surface area (Å²) in [6.45, 7) is 6.50. The lowest BCUT2D eigenvalue weighted by atomic mass is 10.3. The molecule has 0 aromatic heterocycles. The van der Waals surface area contributed by atoms with Crippen molar-refractivity contribution < 1.29 is 8.78 Å². The van der Waals surface area contributed by atoms with E-state index in [4.69, 9.17) is 5.73 Å². The second kappa shape index (κ2) is 4.75. The Morgan fingerprint density at radius 1 is 1.33 bits per heavy atom. The fourth-order valence-electron chi connectivity index (χ4n) is 0.984. The highest BCUT2D eigenvalue weighted by Crippen LogP contribution is 2.33. The number of alkyl halides is 2. The van der Waals surface area contributed by atoms with Gasteiger partial charge in [-0.3, -0.25) is 0 Å². The molecule has 1 rings (SSSR count). The number of hydrogen-bond donors (Lipinski definition) is 1.